The second-order valence-electron chi connectivity index (χ2n) is 3.68. The first-order chi connectivity index (χ1) is 7.52. The highest BCUT2D eigenvalue weighted by atomic mass is 16.6. The Bertz CT molecular complexity index is 376. The zero-order chi connectivity index (χ0) is 12.1. The largest absolute Gasteiger partial charge is 0.304 e. The van der Waals surface area contributed by atoms with E-state index in [0.717, 1.165) is 0 Å². The highest BCUT2D eigenvalue weighted by Gasteiger charge is 2.22. The van der Waals surface area contributed by atoms with Gasteiger partial charge in [-0.05, 0) is 26.0 Å². The standard InChI is InChI=1S/C11H14N2O3/c1-9(2)13(11(14)8-12(15)16)10-6-4-3-5-7-10/h3-7,9H,8H2,1-2H3. The van der Waals surface area contributed by atoms with E-state index in [1.54, 1.807) is 24.3 Å². The van der Waals surface area contributed by atoms with Crippen LogP contribution in [0.2, 0.25) is 0 Å². The SMILES string of the molecule is CC(C)N(C(=O)C[N+](=O)[O-])c1ccccc1. The molecule has 0 saturated heterocycles. The van der Waals surface area contributed by atoms with Gasteiger partial charge in [-0.15, -0.1) is 0 Å². The number of benzene rings is 1. The quantitative estimate of drug-likeness (QED) is 0.575. The van der Waals surface area contributed by atoms with Gasteiger partial charge in [0.05, 0.1) is 0 Å². The lowest BCUT2D eigenvalue weighted by Gasteiger charge is -2.25. The van der Waals surface area contributed by atoms with Crippen LogP contribution in [0.15, 0.2) is 30.3 Å². The van der Waals surface area contributed by atoms with E-state index in [1.807, 2.05) is 19.9 Å². The minimum atomic E-state index is -0.674. The lowest BCUT2D eigenvalue weighted by Crippen LogP contribution is -2.40. The third kappa shape index (κ3) is 3.05. The van der Waals surface area contributed by atoms with Crippen LogP contribution < -0.4 is 4.90 Å². The number of amides is 1. The van der Waals surface area contributed by atoms with Crippen LogP contribution in [-0.2, 0) is 4.79 Å². The lowest BCUT2D eigenvalue weighted by atomic mass is 10.2. The molecule has 0 N–H and O–H groups in total. The minimum Gasteiger partial charge on any atom is -0.304 e. The predicted octanol–water partition coefficient (Wildman–Crippen LogP) is 1.70. The fourth-order valence-corrected chi connectivity index (χ4v) is 1.51. The zero-order valence-electron chi connectivity index (χ0n) is 9.29. The van der Waals surface area contributed by atoms with Crippen LogP contribution in [0.25, 0.3) is 0 Å². The fourth-order valence-electron chi connectivity index (χ4n) is 1.51. The number of rotatable bonds is 4. The van der Waals surface area contributed by atoms with Gasteiger partial charge in [0.1, 0.15) is 0 Å². The molecule has 0 saturated carbocycles. The van der Waals surface area contributed by atoms with Crippen LogP contribution in [0.5, 0.6) is 0 Å². The van der Waals surface area contributed by atoms with Gasteiger partial charge in [-0.1, -0.05) is 18.2 Å². The van der Waals surface area contributed by atoms with Crippen molar-refractivity contribution in [3.05, 3.63) is 40.4 Å². The number of carbonyl (C=O) groups excluding carboxylic acids is 1. The Morgan fingerprint density at radius 1 is 1.38 bits per heavy atom. The highest BCUT2D eigenvalue weighted by Crippen LogP contribution is 2.16. The summed E-state index contributed by atoms with van der Waals surface area (Å²) < 4.78 is 0. The van der Waals surface area contributed by atoms with Crippen molar-refractivity contribution in [3.63, 3.8) is 0 Å². The smallest absolute Gasteiger partial charge is 0.298 e. The van der Waals surface area contributed by atoms with Crippen molar-refractivity contribution in [3.8, 4) is 0 Å². The molecule has 0 aliphatic heterocycles. The maximum Gasteiger partial charge on any atom is 0.298 e. The maximum absolute atomic E-state index is 11.7. The van der Waals surface area contributed by atoms with Crippen LogP contribution in [-0.4, -0.2) is 23.4 Å². The van der Waals surface area contributed by atoms with Crippen molar-refractivity contribution < 1.29 is 9.72 Å². The average Bonchev–Trinajstić information content (AvgIpc) is 2.17. The Kier molecular flexibility index (Phi) is 3.99. The molecule has 0 aliphatic carbocycles. The van der Waals surface area contributed by atoms with Crippen molar-refractivity contribution in [1.29, 1.82) is 0 Å². The maximum atomic E-state index is 11.7. The molecule has 86 valence electrons. The van der Waals surface area contributed by atoms with E-state index in [0.29, 0.717) is 5.69 Å². The van der Waals surface area contributed by atoms with Crippen LogP contribution >= 0.6 is 0 Å². The van der Waals surface area contributed by atoms with Gasteiger partial charge < -0.3 is 4.90 Å². The first kappa shape index (κ1) is 12.2. The molecule has 0 spiro atoms. The third-order valence-electron chi connectivity index (χ3n) is 2.08. The summed E-state index contributed by atoms with van der Waals surface area (Å²) in [6, 6.07) is 8.85. The molecule has 5 heteroatoms. The zero-order valence-corrected chi connectivity index (χ0v) is 9.29. The molecule has 0 fully saturated rings. The van der Waals surface area contributed by atoms with Gasteiger partial charge in [0.15, 0.2) is 0 Å². The van der Waals surface area contributed by atoms with Gasteiger partial charge in [0.2, 0.25) is 0 Å². The van der Waals surface area contributed by atoms with Gasteiger partial charge in [0, 0.05) is 16.7 Å². The molecule has 0 radical (unpaired) electrons. The second kappa shape index (κ2) is 5.25. The number of hydrogen-bond acceptors (Lipinski definition) is 3. The number of carbonyl (C=O) groups is 1. The van der Waals surface area contributed by atoms with Gasteiger partial charge in [-0.3, -0.25) is 14.9 Å². The van der Waals surface area contributed by atoms with Gasteiger partial charge >= 0.3 is 0 Å². The number of nitrogens with zero attached hydrogens (tertiary/aromatic N) is 2. The highest BCUT2D eigenvalue weighted by molar-refractivity contribution is 5.94. The molecule has 0 unspecified atom stereocenters. The molecule has 1 aromatic carbocycles. The van der Waals surface area contributed by atoms with E-state index in [2.05, 4.69) is 0 Å². The van der Waals surface area contributed by atoms with E-state index in [9.17, 15) is 14.9 Å². The van der Waals surface area contributed by atoms with Gasteiger partial charge in [0.25, 0.3) is 12.5 Å². The van der Waals surface area contributed by atoms with Crippen molar-refractivity contribution >= 4 is 11.6 Å². The van der Waals surface area contributed by atoms with Crippen LogP contribution in [0.1, 0.15) is 13.8 Å². The number of nitro groups is 1. The van der Waals surface area contributed by atoms with E-state index in [1.165, 1.54) is 4.90 Å². The number of hydrogen-bond donors (Lipinski definition) is 0. The Labute approximate surface area is 93.8 Å². The molecule has 0 atom stereocenters. The lowest BCUT2D eigenvalue weighted by molar-refractivity contribution is -0.467. The Morgan fingerprint density at radius 3 is 2.38 bits per heavy atom. The molecule has 1 amide bonds. The van der Waals surface area contributed by atoms with Crippen molar-refractivity contribution in [2.75, 3.05) is 11.4 Å². The summed E-state index contributed by atoms with van der Waals surface area (Å²) in [5.74, 6) is -0.494. The van der Waals surface area contributed by atoms with Crippen molar-refractivity contribution in [1.82, 2.24) is 0 Å². The Hall–Kier alpha value is -1.91. The predicted molar refractivity (Wildman–Crippen MR) is 60.9 cm³/mol. The van der Waals surface area contributed by atoms with Crippen molar-refractivity contribution in [2.45, 2.75) is 19.9 Å². The van der Waals surface area contributed by atoms with Gasteiger partial charge in [-0.2, -0.15) is 0 Å². The first-order valence-electron chi connectivity index (χ1n) is 5.01. The second-order valence-corrected chi connectivity index (χ2v) is 3.68. The topological polar surface area (TPSA) is 63.5 Å². The molecule has 5 nitrogen and oxygen atoms in total. The van der Waals surface area contributed by atoms with E-state index >= 15 is 0 Å². The summed E-state index contributed by atoms with van der Waals surface area (Å²) >= 11 is 0. The molecular formula is C11H14N2O3. The van der Waals surface area contributed by atoms with Crippen LogP contribution in [0.4, 0.5) is 5.69 Å². The molecule has 0 aliphatic rings. The third-order valence-corrected chi connectivity index (χ3v) is 2.08. The molecule has 1 aromatic rings. The van der Waals surface area contributed by atoms with Gasteiger partial charge in [-0.25, -0.2) is 0 Å². The monoisotopic (exact) mass is 222 g/mol. The normalized spacial score (nSPS) is 10.2. The molecule has 1 rings (SSSR count). The van der Waals surface area contributed by atoms with E-state index < -0.39 is 17.4 Å². The summed E-state index contributed by atoms with van der Waals surface area (Å²) in [5, 5.41) is 10.3. The van der Waals surface area contributed by atoms with Crippen molar-refractivity contribution in [2.24, 2.45) is 0 Å². The Morgan fingerprint density at radius 2 is 1.94 bits per heavy atom. The Balaban J connectivity index is 2.92. The summed E-state index contributed by atoms with van der Waals surface area (Å²) in [6.45, 7) is 2.97. The minimum absolute atomic E-state index is 0.102. The molecule has 0 heterocycles. The number of anilines is 1. The van der Waals surface area contributed by atoms with E-state index in [-0.39, 0.29) is 6.04 Å². The van der Waals surface area contributed by atoms with Crippen LogP contribution in [0, 0.1) is 10.1 Å². The first-order valence-corrected chi connectivity index (χ1v) is 5.01. The average molecular weight is 222 g/mol. The molecule has 0 bridgehead atoms. The molecule has 0 aromatic heterocycles. The molecule has 16 heavy (non-hydrogen) atoms. The summed E-state index contributed by atoms with van der Waals surface area (Å²) in [5.41, 5.74) is 0.685. The summed E-state index contributed by atoms with van der Waals surface area (Å²) in [6.07, 6.45) is 0. The van der Waals surface area contributed by atoms with Crippen LogP contribution in [0.3, 0.4) is 0 Å². The summed E-state index contributed by atoms with van der Waals surface area (Å²) in [4.78, 5) is 22.8. The number of para-hydroxylation sites is 1. The van der Waals surface area contributed by atoms with E-state index in [4.69, 9.17) is 0 Å². The summed E-state index contributed by atoms with van der Waals surface area (Å²) in [7, 11) is 0. The molecular weight excluding hydrogens is 208 g/mol. The fraction of sp³-hybridized carbons (Fsp3) is 0.364.